The van der Waals surface area contributed by atoms with Crippen LogP contribution in [0.5, 0.6) is 0 Å². The third-order valence-corrected chi connectivity index (χ3v) is 4.83. The molecule has 1 aliphatic rings. The molecule has 2 N–H and O–H groups in total. The molecule has 2 atom stereocenters. The Morgan fingerprint density at radius 3 is 2.50 bits per heavy atom. The number of hydrogen-bond donors (Lipinski definition) is 1. The third kappa shape index (κ3) is 2.73. The average Bonchev–Trinajstić information content (AvgIpc) is 2.54. The highest BCUT2D eigenvalue weighted by molar-refractivity contribution is 5.25. The van der Waals surface area contributed by atoms with Crippen LogP contribution in [0.4, 0.5) is 0 Å². The van der Waals surface area contributed by atoms with Crippen LogP contribution in [-0.4, -0.2) is 10.6 Å². The quantitative estimate of drug-likeness (QED) is 0.947. The number of nitrogens with two attached hydrogens (primary N) is 1. The van der Waals surface area contributed by atoms with E-state index in [9.17, 15) is 4.79 Å². The predicted octanol–water partition coefficient (Wildman–Crippen LogP) is 2.78. The van der Waals surface area contributed by atoms with Crippen LogP contribution in [0, 0.1) is 6.92 Å². The molecular formula is C19H24N2O. The van der Waals surface area contributed by atoms with Crippen molar-refractivity contribution >= 4 is 0 Å². The lowest BCUT2D eigenvalue weighted by Crippen LogP contribution is -2.44. The molecule has 0 aliphatic carbocycles. The van der Waals surface area contributed by atoms with E-state index in [-0.39, 0.29) is 17.6 Å². The number of fused-ring (bicyclic) bond motifs is 1. The van der Waals surface area contributed by atoms with E-state index in [2.05, 4.69) is 37.3 Å². The van der Waals surface area contributed by atoms with Crippen LogP contribution in [0.15, 0.2) is 41.2 Å². The lowest BCUT2D eigenvalue weighted by Gasteiger charge is -2.33. The predicted molar refractivity (Wildman–Crippen MR) is 90.3 cm³/mol. The Morgan fingerprint density at radius 2 is 1.82 bits per heavy atom. The number of aromatic nitrogens is 1. The van der Waals surface area contributed by atoms with Gasteiger partial charge in [0.2, 0.25) is 0 Å². The van der Waals surface area contributed by atoms with Gasteiger partial charge in [0.15, 0.2) is 0 Å². The molecule has 0 bridgehead atoms. The first-order valence-electron chi connectivity index (χ1n) is 8.14. The smallest absolute Gasteiger partial charge is 0.253 e. The highest BCUT2D eigenvalue weighted by Gasteiger charge is 2.28. The lowest BCUT2D eigenvalue weighted by atomic mass is 9.91. The minimum Gasteiger partial charge on any atom is -0.326 e. The largest absolute Gasteiger partial charge is 0.326 e. The maximum absolute atomic E-state index is 12.6. The fraction of sp³-hybridized carbons (Fsp3) is 0.421. The van der Waals surface area contributed by atoms with Crippen LogP contribution >= 0.6 is 0 Å². The molecule has 3 nitrogen and oxygen atoms in total. The van der Waals surface area contributed by atoms with Gasteiger partial charge in [0.25, 0.3) is 5.56 Å². The number of nitrogens with zero attached hydrogens (tertiary/aromatic N) is 1. The van der Waals surface area contributed by atoms with Crippen molar-refractivity contribution in [2.45, 2.75) is 51.6 Å². The Morgan fingerprint density at radius 1 is 1.14 bits per heavy atom. The third-order valence-electron chi connectivity index (χ3n) is 4.83. The van der Waals surface area contributed by atoms with E-state index in [4.69, 9.17) is 5.73 Å². The van der Waals surface area contributed by atoms with Crippen molar-refractivity contribution < 1.29 is 0 Å². The monoisotopic (exact) mass is 296 g/mol. The summed E-state index contributed by atoms with van der Waals surface area (Å²) in [4.78, 5) is 12.6. The number of benzene rings is 1. The number of hydrogen-bond acceptors (Lipinski definition) is 2. The second-order valence-corrected chi connectivity index (χ2v) is 6.33. The van der Waals surface area contributed by atoms with Crippen molar-refractivity contribution in [2.75, 3.05) is 0 Å². The number of aryl methyl sites for hydroxylation is 3. The van der Waals surface area contributed by atoms with E-state index in [1.165, 1.54) is 11.1 Å². The second kappa shape index (κ2) is 6.09. The standard InChI is InChI=1S/C19H24N2O/c1-3-14-5-7-15(8-6-14)12-18-17(20)11-10-16-9-4-13(2)19(22)21(16)18/h4-9,17-18H,3,10-12,20H2,1-2H3. The minimum atomic E-state index is 0.0397. The Kier molecular flexibility index (Phi) is 4.16. The van der Waals surface area contributed by atoms with Gasteiger partial charge in [0, 0.05) is 17.3 Å². The molecule has 0 fully saturated rings. The van der Waals surface area contributed by atoms with Crippen molar-refractivity contribution in [1.82, 2.24) is 4.57 Å². The van der Waals surface area contributed by atoms with Crippen LogP contribution in [0.25, 0.3) is 0 Å². The molecule has 1 aromatic heterocycles. The molecule has 1 aromatic carbocycles. The zero-order chi connectivity index (χ0) is 15.7. The van der Waals surface area contributed by atoms with E-state index in [0.29, 0.717) is 0 Å². The summed E-state index contributed by atoms with van der Waals surface area (Å²) in [7, 11) is 0. The van der Waals surface area contributed by atoms with Crippen LogP contribution in [-0.2, 0) is 19.3 Å². The molecule has 0 saturated heterocycles. The van der Waals surface area contributed by atoms with Gasteiger partial charge in [-0.3, -0.25) is 4.79 Å². The Hall–Kier alpha value is -1.87. The first-order chi connectivity index (χ1) is 10.6. The maximum atomic E-state index is 12.6. The molecule has 0 spiro atoms. The summed E-state index contributed by atoms with van der Waals surface area (Å²) in [6.45, 7) is 4.04. The molecule has 0 radical (unpaired) electrons. The Balaban J connectivity index is 1.96. The summed E-state index contributed by atoms with van der Waals surface area (Å²) >= 11 is 0. The van der Waals surface area contributed by atoms with Crippen LogP contribution < -0.4 is 11.3 Å². The van der Waals surface area contributed by atoms with E-state index in [1.807, 2.05) is 17.6 Å². The van der Waals surface area contributed by atoms with E-state index < -0.39 is 0 Å². The van der Waals surface area contributed by atoms with Crippen molar-refractivity contribution in [2.24, 2.45) is 5.73 Å². The van der Waals surface area contributed by atoms with Crippen molar-refractivity contribution in [1.29, 1.82) is 0 Å². The first-order valence-corrected chi connectivity index (χ1v) is 8.14. The Labute approximate surface area is 131 Å². The first kappa shape index (κ1) is 15.0. The van der Waals surface area contributed by atoms with E-state index in [1.54, 1.807) is 0 Å². The van der Waals surface area contributed by atoms with Gasteiger partial charge in [0.05, 0.1) is 6.04 Å². The highest BCUT2D eigenvalue weighted by Crippen LogP contribution is 2.26. The van der Waals surface area contributed by atoms with Gasteiger partial charge in [0.1, 0.15) is 0 Å². The molecule has 0 amide bonds. The van der Waals surface area contributed by atoms with Gasteiger partial charge >= 0.3 is 0 Å². The van der Waals surface area contributed by atoms with Crippen LogP contribution in [0.1, 0.15) is 41.8 Å². The average molecular weight is 296 g/mol. The summed E-state index contributed by atoms with van der Waals surface area (Å²) < 4.78 is 1.94. The van der Waals surface area contributed by atoms with E-state index in [0.717, 1.165) is 36.9 Å². The van der Waals surface area contributed by atoms with Crippen molar-refractivity contribution in [3.63, 3.8) is 0 Å². The maximum Gasteiger partial charge on any atom is 0.253 e. The molecule has 1 aliphatic heterocycles. The highest BCUT2D eigenvalue weighted by atomic mass is 16.1. The number of pyridine rings is 1. The fourth-order valence-corrected chi connectivity index (χ4v) is 3.35. The SMILES string of the molecule is CCc1ccc(CC2C(N)CCc3ccc(C)c(=O)n32)cc1. The number of rotatable bonds is 3. The second-order valence-electron chi connectivity index (χ2n) is 6.33. The topological polar surface area (TPSA) is 48.0 Å². The van der Waals surface area contributed by atoms with Gasteiger partial charge < -0.3 is 10.3 Å². The molecule has 2 heterocycles. The molecule has 2 unspecified atom stereocenters. The van der Waals surface area contributed by atoms with Gasteiger partial charge in [-0.15, -0.1) is 0 Å². The Bertz CT molecular complexity index is 715. The zero-order valence-corrected chi connectivity index (χ0v) is 13.4. The summed E-state index contributed by atoms with van der Waals surface area (Å²) in [5, 5.41) is 0. The molecule has 3 heteroatoms. The summed E-state index contributed by atoms with van der Waals surface area (Å²) in [5.41, 5.74) is 11.0. The lowest BCUT2D eigenvalue weighted by molar-refractivity contribution is 0.334. The van der Waals surface area contributed by atoms with Gasteiger partial charge in [-0.05, 0) is 49.8 Å². The normalized spacial score (nSPS) is 20.7. The van der Waals surface area contributed by atoms with Gasteiger partial charge in [-0.25, -0.2) is 0 Å². The molecule has 22 heavy (non-hydrogen) atoms. The summed E-state index contributed by atoms with van der Waals surface area (Å²) in [5.74, 6) is 0. The van der Waals surface area contributed by atoms with E-state index >= 15 is 0 Å². The molecule has 116 valence electrons. The molecule has 3 rings (SSSR count). The summed E-state index contributed by atoms with van der Waals surface area (Å²) in [6.07, 6.45) is 3.70. The van der Waals surface area contributed by atoms with Crippen LogP contribution in [0.3, 0.4) is 0 Å². The van der Waals surface area contributed by atoms with Gasteiger partial charge in [-0.1, -0.05) is 37.3 Å². The fourth-order valence-electron chi connectivity index (χ4n) is 3.35. The minimum absolute atomic E-state index is 0.0397. The van der Waals surface area contributed by atoms with Gasteiger partial charge in [-0.2, -0.15) is 0 Å². The van der Waals surface area contributed by atoms with Crippen LogP contribution in [0.2, 0.25) is 0 Å². The molecular weight excluding hydrogens is 272 g/mol. The molecule has 2 aromatic rings. The zero-order valence-electron chi connectivity index (χ0n) is 13.4. The van der Waals surface area contributed by atoms with Crippen molar-refractivity contribution in [3.8, 4) is 0 Å². The summed E-state index contributed by atoms with van der Waals surface area (Å²) in [6, 6.07) is 12.8. The van der Waals surface area contributed by atoms with Crippen molar-refractivity contribution in [3.05, 3.63) is 69.1 Å². The molecule has 0 saturated carbocycles.